The van der Waals surface area contributed by atoms with E-state index in [0.717, 1.165) is 32.5 Å². The van der Waals surface area contributed by atoms with E-state index in [2.05, 4.69) is 32.3 Å². The van der Waals surface area contributed by atoms with Gasteiger partial charge in [0.2, 0.25) is 0 Å². The van der Waals surface area contributed by atoms with E-state index < -0.39 is 0 Å². The van der Waals surface area contributed by atoms with Gasteiger partial charge in [-0.05, 0) is 53.3 Å². The molecule has 1 aromatic rings. The topological polar surface area (TPSA) is 29.3 Å². The Bertz CT molecular complexity index is 370. The van der Waals surface area contributed by atoms with Crippen molar-refractivity contribution in [1.82, 2.24) is 4.90 Å². The highest BCUT2D eigenvalue weighted by atomic mass is 79.9. The molecular weight excluding hydrogens is 304 g/mol. The molecule has 2 rings (SSSR count). The molecular formula is C11H15BrN2S2. The molecule has 2 N–H and O–H groups in total. The van der Waals surface area contributed by atoms with Gasteiger partial charge in [-0.25, -0.2) is 0 Å². The minimum atomic E-state index is 0.457. The second-order valence-electron chi connectivity index (χ2n) is 4.14. The van der Waals surface area contributed by atoms with E-state index in [4.69, 9.17) is 18.0 Å². The molecule has 0 aliphatic carbocycles. The van der Waals surface area contributed by atoms with Crippen molar-refractivity contribution in [3.63, 3.8) is 0 Å². The summed E-state index contributed by atoms with van der Waals surface area (Å²) < 4.78 is 1.23. The highest BCUT2D eigenvalue weighted by Crippen LogP contribution is 2.26. The largest absolute Gasteiger partial charge is 0.393 e. The lowest BCUT2D eigenvalue weighted by Gasteiger charge is -2.31. The van der Waals surface area contributed by atoms with Crippen LogP contribution in [0.1, 0.15) is 17.7 Å². The Morgan fingerprint density at radius 3 is 2.75 bits per heavy atom. The summed E-state index contributed by atoms with van der Waals surface area (Å²) in [4.78, 5) is 4.58. The Morgan fingerprint density at radius 2 is 2.25 bits per heavy atom. The lowest BCUT2D eigenvalue weighted by Crippen LogP contribution is -2.37. The Morgan fingerprint density at radius 1 is 1.56 bits per heavy atom. The minimum Gasteiger partial charge on any atom is -0.393 e. The molecule has 0 amide bonds. The van der Waals surface area contributed by atoms with Crippen LogP contribution in [-0.2, 0) is 6.54 Å². The summed E-state index contributed by atoms with van der Waals surface area (Å²) in [7, 11) is 0. The standard InChI is InChI=1S/C11H15BrN2S2/c12-9-3-6-16-10(9)7-14-4-1-8(2-5-14)11(13)15/h3,6,8H,1-2,4-5,7H2,(H2,13,15). The first-order chi connectivity index (χ1) is 7.66. The first-order valence-corrected chi connectivity index (χ1v) is 7.48. The Balaban J connectivity index is 1.86. The van der Waals surface area contributed by atoms with Crippen molar-refractivity contribution in [2.75, 3.05) is 13.1 Å². The molecule has 1 aromatic heterocycles. The van der Waals surface area contributed by atoms with Crippen LogP contribution in [0.5, 0.6) is 0 Å². The maximum Gasteiger partial charge on any atom is 0.0759 e. The molecule has 88 valence electrons. The number of hydrogen-bond donors (Lipinski definition) is 1. The van der Waals surface area contributed by atoms with Crippen LogP contribution in [0.3, 0.4) is 0 Å². The fourth-order valence-electron chi connectivity index (χ4n) is 2.02. The quantitative estimate of drug-likeness (QED) is 0.869. The normalized spacial score (nSPS) is 18.8. The maximum atomic E-state index is 5.68. The molecule has 0 saturated carbocycles. The molecule has 1 aliphatic heterocycles. The molecule has 1 fully saturated rings. The van der Waals surface area contributed by atoms with Crippen molar-refractivity contribution >= 4 is 44.5 Å². The summed E-state index contributed by atoms with van der Waals surface area (Å²) in [6.45, 7) is 3.25. The van der Waals surface area contributed by atoms with Crippen molar-refractivity contribution in [3.8, 4) is 0 Å². The monoisotopic (exact) mass is 318 g/mol. The Hall–Kier alpha value is 0.0300. The van der Waals surface area contributed by atoms with Crippen LogP contribution < -0.4 is 5.73 Å². The predicted octanol–water partition coefficient (Wildman–Crippen LogP) is 3.01. The van der Waals surface area contributed by atoms with E-state index in [9.17, 15) is 0 Å². The van der Waals surface area contributed by atoms with E-state index in [1.807, 2.05) is 11.3 Å². The molecule has 0 bridgehead atoms. The summed E-state index contributed by atoms with van der Waals surface area (Å²) in [6.07, 6.45) is 2.22. The fourth-order valence-corrected chi connectivity index (χ4v) is 3.77. The third-order valence-corrected chi connectivity index (χ3v) is 5.29. The third-order valence-electron chi connectivity index (χ3n) is 3.05. The average molecular weight is 319 g/mol. The van der Waals surface area contributed by atoms with E-state index >= 15 is 0 Å². The van der Waals surface area contributed by atoms with Crippen LogP contribution in [0, 0.1) is 5.92 Å². The summed E-state index contributed by atoms with van der Waals surface area (Å²) in [5.74, 6) is 0.457. The van der Waals surface area contributed by atoms with Crippen LogP contribution in [0.15, 0.2) is 15.9 Å². The SMILES string of the molecule is NC(=S)C1CCN(Cc2sccc2Br)CC1. The number of nitrogens with two attached hydrogens (primary N) is 1. The first-order valence-electron chi connectivity index (χ1n) is 5.40. The van der Waals surface area contributed by atoms with Crippen LogP contribution in [0.2, 0.25) is 0 Å². The predicted molar refractivity (Wildman–Crippen MR) is 76.8 cm³/mol. The number of piperidine rings is 1. The summed E-state index contributed by atoms with van der Waals surface area (Å²) in [5.41, 5.74) is 5.68. The number of hydrogen-bond acceptors (Lipinski definition) is 3. The molecule has 2 heterocycles. The van der Waals surface area contributed by atoms with Crippen molar-refractivity contribution in [2.45, 2.75) is 19.4 Å². The number of halogens is 1. The minimum absolute atomic E-state index is 0.457. The number of rotatable bonds is 3. The van der Waals surface area contributed by atoms with Gasteiger partial charge in [0, 0.05) is 21.8 Å². The number of thiophene rings is 1. The summed E-state index contributed by atoms with van der Waals surface area (Å²) in [6, 6.07) is 2.11. The van der Waals surface area contributed by atoms with E-state index in [1.54, 1.807) is 0 Å². The molecule has 5 heteroatoms. The Labute approximate surface area is 114 Å². The first kappa shape index (κ1) is 12.5. The smallest absolute Gasteiger partial charge is 0.0759 e. The molecule has 0 radical (unpaired) electrons. The molecule has 0 atom stereocenters. The van der Waals surface area contributed by atoms with Gasteiger partial charge in [0.05, 0.1) is 4.99 Å². The Kier molecular flexibility index (Phi) is 4.35. The van der Waals surface area contributed by atoms with Gasteiger partial charge >= 0.3 is 0 Å². The number of nitrogens with zero attached hydrogens (tertiary/aromatic N) is 1. The van der Waals surface area contributed by atoms with Gasteiger partial charge in [-0.2, -0.15) is 0 Å². The second-order valence-corrected chi connectivity index (χ2v) is 6.47. The molecule has 0 aromatic carbocycles. The van der Waals surface area contributed by atoms with Gasteiger partial charge in [0.25, 0.3) is 0 Å². The zero-order valence-electron chi connectivity index (χ0n) is 8.99. The van der Waals surface area contributed by atoms with E-state index in [-0.39, 0.29) is 0 Å². The van der Waals surface area contributed by atoms with Gasteiger partial charge in [0.1, 0.15) is 0 Å². The number of likely N-dealkylation sites (tertiary alicyclic amines) is 1. The molecule has 16 heavy (non-hydrogen) atoms. The highest BCUT2D eigenvalue weighted by Gasteiger charge is 2.21. The molecule has 0 spiro atoms. The van der Waals surface area contributed by atoms with Crippen LogP contribution >= 0.6 is 39.5 Å². The van der Waals surface area contributed by atoms with Crippen LogP contribution in [-0.4, -0.2) is 23.0 Å². The van der Waals surface area contributed by atoms with Gasteiger partial charge in [-0.15, -0.1) is 11.3 Å². The summed E-state index contributed by atoms with van der Waals surface area (Å²) >= 11 is 10.4. The van der Waals surface area contributed by atoms with Crippen LogP contribution in [0.4, 0.5) is 0 Å². The van der Waals surface area contributed by atoms with E-state index in [0.29, 0.717) is 10.9 Å². The van der Waals surface area contributed by atoms with Crippen molar-refractivity contribution in [1.29, 1.82) is 0 Å². The second kappa shape index (κ2) is 5.58. The zero-order valence-corrected chi connectivity index (χ0v) is 12.2. The summed E-state index contributed by atoms with van der Waals surface area (Å²) in [5, 5.41) is 2.13. The van der Waals surface area contributed by atoms with Crippen molar-refractivity contribution < 1.29 is 0 Å². The lowest BCUT2D eigenvalue weighted by atomic mass is 9.97. The number of thiocarbonyl (C=S) groups is 1. The van der Waals surface area contributed by atoms with Gasteiger partial charge in [-0.1, -0.05) is 12.2 Å². The fraction of sp³-hybridized carbons (Fsp3) is 0.545. The highest BCUT2D eigenvalue weighted by molar-refractivity contribution is 9.10. The van der Waals surface area contributed by atoms with Gasteiger partial charge in [0.15, 0.2) is 0 Å². The van der Waals surface area contributed by atoms with Gasteiger partial charge in [-0.3, -0.25) is 4.90 Å². The van der Waals surface area contributed by atoms with Gasteiger partial charge < -0.3 is 5.73 Å². The average Bonchev–Trinajstić information content (AvgIpc) is 2.65. The molecule has 1 aliphatic rings. The zero-order chi connectivity index (χ0) is 11.5. The third kappa shape index (κ3) is 3.03. The van der Waals surface area contributed by atoms with Crippen molar-refractivity contribution in [2.24, 2.45) is 11.7 Å². The van der Waals surface area contributed by atoms with Crippen molar-refractivity contribution in [3.05, 3.63) is 20.8 Å². The molecule has 1 saturated heterocycles. The van der Waals surface area contributed by atoms with E-state index in [1.165, 1.54) is 9.35 Å². The molecule has 2 nitrogen and oxygen atoms in total. The molecule has 0 unspecified atom stereocenters. The van der Waals surface area contributed by atoms with Crippen LogP contribution in [0.25, 0.3) is 0 Å². The lowest BCUT2D eigenvalue weighted by molar-refractivity contribution is 0.203. The maximum absolute atomic E-state index is 5.68.